The average Bonchev–Trinajstić information content (AvgIpc) is 3.11. The number of urea groups is 1. The first-order valence-electron chi connectivity index (χ1n) is 8.23. The predicted molar refractivity (Wildman–Crippen MR) is 98.4 cm³/mol. The molecule has 138 valence electrons. The van der Waals surface area contributed by atoms with Crippen molar-refractivity contribution >= 4 is 29.0 Å². The molecule has 2 heterocycles. The fourth-order valence-corrected chi connectivity index (χ4v) is 3.26. The molecular weight excluding hydrogens is 376 g/mol. The van der Waals surface area contributed by atoms with Crippen LogP contribution in [0.2, 0.25) is 5.02 Å². The standard InChI is InChI=1S/C19H14ClF2N3O2/c20-13-8-11-4-7-27-17(11)9-12(13)16-10-25(6-5-23-16)19(26)24-18-14(21)2-1-3-15(18)22/h1-3,5-6,8-9H,4,7,10H2,(H,24,26). The molecule has 2 amide bonds. The summed E-state index contributed by atoms with van der Waals surface area (Å²) in [6.07, 6.45) is 3.65. The fraction of sp³-hybridized carbons (Fsp3) is 0.158. The largest absolute Gasteiger partial charge is 0.493 e. The minimum Gasteiger partial charge on any atom is -0.493 e. The number of rotatable bonds is 2. The molecule has 0 unspecified atom stereocenters. The molecule has 0 spiro atoms. The number of aliphatic imine (C=N–C) groups is 1. The lowest BCUT2D eigenvalue weighted by molar-refractivity contribution is 0.232. The summed E-state index contributed by atoms with van der Waals surface area (Å²) < 4.78 is 33.1. The summed E-state index contributed by atoms with van der Waals surface area (Å²) in [5, 5.41) is 2.76. The van der Waals surface area contributed by atoms with Crippen LogP contribution in [0.4, 0.5) is 19.3 Å². The maximum Gasteiger partial charge on any atom is 0.326 e. The van der Waals surface area contributed by atoms with Crippen LogP contribution in [0.15, 0.2) is 47.7 Å². The number of nitrogens with one attached hydrogen (secondary N) is 1. The summed E-state index contributed by atoms with van der Waals surface area (Å²) in [5.74, 6) is -0.954. The predicted octanol–water partition coefficient (Wildman–Crippen LogP) is 4.36. The van der Waals surface area contributed by atoms with Crippen LogP contribution in [-0.2, 0) is 6.42 Å². The van der Waals surface area contributed by atoms with Gasteiger partial charge >= 0.3 is 6.03 Å². The number of ether oxygens (including phenoxy) is 1. The number of para-hydroxylation sites is 1. The molecule has 0 fully saturated rings. The lowest BCUT2D eigenvalue weighted by Gasteiger charge is -2.23. The Labute approximate surface area is 158 Å². The molecule has 0 atom stereocenters. The number of carbonyl (C=O) groups excluding carboxylic acids is 1. The SMILES string of the molecule is O=C(Nc1c(F)cccc1F)N1C=CN=C(c2cc3c(cc2Cl)CCO3)C1. The molecule has 2 aromatic carbocycles. The normalized spacial score (nSPS) is 15.2. The van der Waals surface area contributed by atoms with Gasteiger partial charge in [0, 0.05) is 24.4 Å². The number of carbonyl (C=O) groups is 1. The zero-order valence-corrected chi connectivity index (χ0v) is 14.8. The van der Waals surface area contributed by atoms with Gasteiger partial charge in [-0.05, 0) is 29.8 Å². The lowest BCUT2D eigenvalue weighted by Crippen LogP contribution is -2.37. The van der Waals surface area contributed by atoms with E-state index in [-0.39, 0.29) is 6.54 Å². The van der Waals surface area contributed by atoms with Gasteiger partial charge in [-0.15, -0.1) is 0 Å². The van der Waals surface area contributed by atoms with E-state index in [1.165, 1.54) is 23.4 Å². The number of anilines is 1. The Bertz CT molecular complexity index is 971. The number of nitrogens with zero attached hydrogens (tertiary/aromatic N) is 2. The molecule has 2 aliphatic heterocycles. The summed E-state index contributed by atoms with van der Waals surface area (Å²) in [6.45, 7) is 0.696. The van der Waals surface area contributed by atoms with Crippen LogP contribution >= 0.6 is 11.6 Å². The van der Waals surface area contributed by atoms with Crippen molar-refractivity contribution in [2.45, 2.75) is 6.42 Å². The van der Waals surface area contributed by atoms with Gasteiger partial charge in [-0.1, -0.05) is 17.7 Å². The molecule has 0 bridgehead atoms. The third kappa shape index (κ3) is 3.38. The Morgan fingerprint density at radius 1 is 1.26 bits per heavy atom. The first-order chi connectivity index (χ1) is 13.0. The topological polar surface area (TPSA) is 53.9 Å². The second kappa shape index (κ2) is 7.00. The van der Waals surface area contributed by atoms with Crippen molar-refractivity contribution in [2.24, 2.45) is 4.99 Å². The maximum absolute atomic E-state index is 13.8. The summed E-state index contributed by atoms with van der Waals surface area (Å²) in [5.41, 5.74) is 1.73. The highest BCUT2D eigenvalue weighted by Crippen LogP contribution is 2.32. The minimum atomic E-state index is -0.850. The maximum atomic E-state index is 13.8. The Kier molecular flexibility index (Phi) is 4.53. The van der Waals surface area contributed by atoms with Crippen LogP contribution in [0, 0.1) is 11.6 Å². The Morgan fingerprint density at radius 2 is 2.04 bits per heavy atom. The Hall–Kier alpha value is -2.93. The number of halogens is 3. The molecule has 2 aromatic rings. The number of benzene rings is 2. The van der Waals surface area contributed by atoms with Gasteiger partial charge in [-0.2, -0.15) is 0 Å². The van der Waals surface area contributed by atoms with Crippen molar-refractivity contribution in [1.82, 2.24) is 4.90 Å². The molecule has 0 aliphatic carbocycles. The van der Waals surface area contributed by atoms with E-state index in [9.17, 15) is 13.6 Å². The molecule has 27 heavy (non-hydrogen) atoms. The van der Waals surface area contributed by atoms with E-state index in [0.29, 0.717) is 22.9 Å². The minimum absolute atomic E-state index is 0.0942. The van der Waals surface area contributed by atoms with E-state index in [4.69, 9.17) is 16.3 Å². The van der Waals surface area contributed by atoms with Gasteiger partial charge in [-0.3, -0.25) is 9.89 Å². The van der Waals surface area contributed by atoms with Crippen LogP contribution in [0.1, 0.15) is 11.1 Å². The van der Waals surface area contributed by atoms with E-state index < -0.39 is 23.4 Å². The second-order valence-electron chi connectivity index (χ2n) is 6.07. The van der Waals surface area contributed by atoms with Gasteiger partial charge in [0.15, 0.2) is 0 Å². The zero-order chi connectivity index (χ0) is 19.0. The number of fused-ring (bicyclic) bond motifs is 1. The summed E-state index contributed by atoms with van der Waals surface area (Å²) in [6, 6.07) is 6.32. The molecule has 5 nitrogen and oxygen atoms in total. The molecule has 0 saturated carbocycles. The van der Waals surface area contributed by atoms with Crippen molar-refractivity contribution in [2.75, 3.05) is 18.5 Å². The molecular formula is C19H14ClF2N3O2. The number of hydrogen-bond acceptors (Lipinski definition) is 3. The highest BCUT2D eigenvalue weighted by atomic mass is 35.5. The molecule has 0 aromatic heterocycles. The van der Waals surface area contributed by atoms with Gasteiger partial charge in [-0.25, -0.2) is 13.6 Å². The van der Waals surface area contributed by atoms with E-state index in [2.05, 4.69) is 10.3 Å². The number of hydrogen-bond donors (Lipinski definition) is 1. The third-order valence-electron chi connectivity index (χ3n) is 4.34. The zero-order valence-electron chi connectivity index (χ0n) is 14.0. The molecule has 8 heteroatoms. The van der Waals surface area contributed by atoms with Crippen molar-refractivity contribution in [3.63, 3.8) is 0 Å². The summed E-state index contributed by atoms with van der Waals surface area (Å²) in [4.78, 5) is 18.0. The van der Waals surface area contributed by atoms with E-state index in [1.54, 1.807) is 6.07 Å². The van der Waals surface area contributed by atoms with Crippen molar-refractivity contribution in [3.05, 3.63) is 70.5 Å². The van der Waals surface area contributed by atoms with Crippen molar-refractivity contribution in [3.8, 4) is 5.75 Å². The van der Waals surface area contributed by atoms with Crippen LogP contribution in [0.3, 0.4) is 0 Å². The van der Waals surface area contributed by atoms with Crippen LogP contribution in [-0.4, -0.2) is 29.8 Å². The molecule has 1 N–H and O–H groups in total. The molecule has 2 aliphatic rings. The third-order valence-corrected chi connectivity index (χ3v) is 4.66. The van der Waals surface area contributed by atoms with E-state index in [0.717, 1.165) is 29.9 Å². The Morgan fingerprint density at radius 3 is 2.81 bits per heavy atom. The summed E-state index contributed by atoms with van der Waals surface area (Å²) in [7, 11) is 0. The monoisotopic (exact) mass is 389 g/mol. The highest BCUT2D eigenvalue weighted by molar-refractivity contribution is 6.34. The van der Waals surface area contributed by atoms with Crippen molar-refractivity contribution < 1.29 is 18.3 Å². The van der Waals surface area contributed by atoms with E-state index in [1.807, 2.05) is 6.07 Å². The first kappa shape index (κ1) is 17.5. The number of amides is 2. The second-order valence-corrected chi connectivity index (χ2v) is 6.47. The lowest BCUT2D eigenvalue weighted by atomic mass is 10.0. The summed E-state index contributed by atoms with van der Waals surface area (Å²) >= 11 is 6.36. The van der Waals surface area contributed by atoms with Crippen LogP contribution < -0.4 is 10.1 Å². The van der Waals surface area contributed by atoms with E-state index >= 15 is 0 Å². The van der Waals surface area contributed by atoms with Gasteiger partial charge < -0.3 is 10.1 Å². The smallest absolute Gasteiger partial charge is 0.326 e. The van der Waals surface area contributed by atoms with Gasteiger partial charge in [0.25, 0.3) is 0 Å². The van der Waals surface area contributed by atoms with Crippen LogP contribution in [0.5, 0.6) is 5.75 Å². The molecule has 0 radical (unpaired) electrons. The average molecular weight is 390 g/mol. The molecule has 0 saturated heterocycles. The van der Waals surface area contributed by atoms with Crippen LogP contribution in [0.25, 0.3) is 0 Å². The van der Waals surface area contributed by atoms with Gasteiger partial charge in [0.2, 0.25) is 0 Å². The quantitative estimate of drug-likeness (QED) is 0.829. The van der Waals surface area contributed by atoms with Crippen molar-refractivity contribution in [1.29, 1.82) is 0 Å². The molecule has 4 rings (SSSR count). The Balaban J connectivity index is 1.54. The van der Waals surface area contributed by atoms with Gasteiger partial charge in [0.05, 0.1) is 23.9 Å². The van der Waals surface area contributed by atoms with Gasteiger partial charge in [0.1, 0.15) is 23.1 Å². The fourth-order valence-electron chi connectivity index (χ4n) is 2.97. The highest BCUT2D eigenvalue weighted by Gasteiger charge is 2.23. The first-order valence-corrected chi connectivity index (χ1v) is 8.61.